The first-order valence-corrected chi connectivity index (χ1v) is 5.82. The molecule has 1 heterocycles. The summed E-state index contributed by atoms with van der Waals surface area (Å²) in [6.07, 6.45) is 1.33. The summed E-state index contributed by atoms with van der Waals surface area (Å²) in [6, 6.07) is 6.78. The van der Waals surface area contributed by atoms with Crippen LogP contribution in [0.3, 0.4) is 0 Å². The number of rotatable bonds is 4. The fourth-order valence-electron chi connectivity index (χ4n) is 1.49. The second kappa shape index (κ2) is 5.33. The van der Waals surface area contributed by atoms with Crippen LogP contribution in [0.2, 0.25) is 10.0 Å². The van der Waals surface area contributed by atoms with Gasteiger partial charge in [0.05, 0.1) is 22.0 Å². The standard InChI is InChI=1S/C12H9Cl2NO3/c13-8-2-1-3-9(10(8)14)15-6-7-4-5-18-11(7)12(16)17/h1-5,15H,6H2,(H,16,17). The monoisotopic (exact) mass is 285 g/mol. The number of furan rings is 1. The zero-order valence-electron chi connectivity index (χ0n) is 9.11. The molecule has 6 heteroatoms. The highest BCUT2D eigenvalue weighted by atomic mass is 35.5. The maximum absolute atomic E-state index is 10.8. The van der Waals surface area contributed by atoms with Crippen molar-refractivity contribution < 1.29 is 14.3 Å². The molecule has 0 bridgehead atoms. The van der Waals surface area contributed by atoms with Crippen LogP contribution in [0.5, 0.6) is 0 Å². The van der Waals surface area contributed by atoms with Crippen LogP contribution in [0.25, 0.3) is 0 Å². The number of hydrogen-bond donors (Lipinski definition) is 2. The summed E-state index contributed by atoms with van der Waals surface area (Å²) in [7, 11) is 0. The Balaban J connectivity index is 2.14. The van der Waals surface area contributed by atoms with Crippen LogP contribution < -0.4 is 5.32 Å². The molecule has 2 N–H and O–H groups in total. The molecule has 0 aliphatic rings. The Hall–Kier alpha value is -1.65. The fourth-order valence-corrected chi connectivity index (χ4v) is 1.86. The average molecular weight is 286 g/mol. The first-order chi connectivity index (χ1) is 8.59. The second-order valence-electron chi connectivity index (χ2n) is 3.54. The summed E-state index contributed by atoms with van der Waals surface area (Å²) in [5.41, 5.74) is 1.18. The molecule has 0 spiro atoms. The van der Waals surface area contributed by atoms with Gasteiger partial charge in [0.1, 0.15) is 0 Å². The predicted molar refractivity (Wildman–Crippen MR) is 69.5 cm³/mol. The van der Waals surface area contributed by atoms with E-state index in [9.17, 15) is 4.79 Å². The molecule has 0 fully saturated rings. The first-order valence-electron chi connectivity index (χ1n) is 5.07. The molecule has 0 aliphatic heterocycles. The van der Waals surface area contributed by atoms with E-state index in [-0.39, 0.29) is 12.3 Å². The van der Waals surface area contributed by atoms with Gasteiger partial charge in [-0.05, 0) is 18.2 Å². The maximum atomic E-state index is 10.8. The number of carboxylic acid groups (broad SMARTS) is 1. The van der Waals surface area contributed by atoms with Gasteiger partial charge in [-0.3, -0.25) is 0 Å². The van der Waals surface area contributed by atoms with Gasteiger partial charge in [0, 0.05) is 12.1 Å². The van der Waals surface area contributed by atoms with Gasteiger partial charge in [0.15, 0.2) is 0 Å². The molecule has 94 valence electrons. The zero-order valence-corrected chi connectivity index (χ0v) is 10.6. The highest BCUT2D eigenvalue weighted by Gasteiger charge is 2.14. The molecule has 0 radical (unpaired) electrons. The van der Waals surface area contributed by atoms with Crippen molar-refractivity contribution in [2.75, 3.05) is 5.32 Å². The molecule has 4 nitrogen and oxygen atoms in total. The number of benzene rings is 1. The van der Waals surface area contributed by atoms with Gasteiger partial charge >= 0.3 is 5.97 Å². The van der Waals surface area contributed by atoms with Crippen molar-refractivity contribution >= 4 is 34.9 Å². The van der Waals surface area contributed by atoms with E-state index in [2.05, 4.69) is 5.32 Å². The van der Waals surface area contributed by atoms with Crippen LogP contribution in [-0.4, -0.2) is 11.1 Å². The SMILES string of the molecule is O=C(O)c1occc1CNc1cccc(Cl)c1Cl. The van der Waals surface area contributed by atoms with E-state index >= 15 is 0 Å². The lowest BCUT2D eigenvalue weighted by molar-refractivity contribution is 0.0661. The van der Waals surface area contributed by atoms with Crippen LogP contribution in [0.4, 0.5) is 5.69 Å². The van der Waals surface area contributed by atoms with E-state index in [4.69, 9.17) is 32.7 Å². The van der Waals surface area contributed by atoms with Gasteiger partial charge in [-0.2, -0.15) is 0 Å². The van der Waals surface area contributed by atoms with Crippen molar-refractivity contribution in [3.05, 3.63) is 51.9 Å². The molecule has 0 aliphatic carbocycles. The third kappa shape index (κ3) is 2.60. The summed E-state index contributed by atoms with van der Waals surface area (Å²) in [6.45, 7) is 0.290. The van der Waals surface area contributed by atoms with Gasteiger partial charge in [0.25, 0.3) is 0 Å². The first kappa shape index (κ1) is 12.8. The molecule has 18 heavy (non-hydrogen) atoms. The molecule has 2 aromatic rings. The molecule has 0 amide bonds. The lowest BCUT2D eigenvalue weighted by Gasteiger charge is -2.08. The summed E-state index contributed by atoms with van der Waals surface area (Å²) < 4.78 is 4.87. The minimum absolute atomic E-state index is 0.0827. The van der Waals surface area contributed by atoms with Crippen LogP contribution in [-0.2, 0) is 6.54 Å². The Morgan fingerprint density at radius 1 is 1.33 bits per heavy atom. The summed E-state index contributed by atoms with van der Waals surface area (Å²) in [5.74, 6) is -1.19. The van der Waals surface area contributed by atoms with Gasteiger partial charge in [-0.1, -0.05) is 29.3 Å². The van der Waals surface area contributed by atoms with Crippen molar-refractivity contribution in [1.82, 2.24) is 0 Å². The Bertz CT molecular complexity index is 580. The van der Waals surface area contributed by atoms with Crippen molar-refractivity contribution in [2.45, 2.75) is 6.54 Å². The molecule has 0 saturated carbocycles. The van der Waals surface area contributed by atoms with Gasteiger partial charge < -0.3 is 14.8 Å². The minimum atomic E-state index is -1.10. The van der Waals surface area contributed by atoms with E-state index in [1.807, 2.05) is 0 Å². The Kier molecular flexibility index (Phi) is 3.79. The van der Waals surface area contributed by atoms with E-state index in [0.717, 1.165) is 0 Å². The van der Waals surface area contributed by atoms with Crippen molar-refractivity contribution in [1.29, 1.82) is 0 Å². The van der Waals surface area contributed by atoms with Crippen LogP contribution in [0.15, 0.2) is 34.9 Å². The maximum Gasteiger partial charge on any atom is 0.372 e. The molecular formula is C12H9Cl2NO3. The van der Waals surface area contributed by atoms with Gasteiger partial charge in [0.2, 0.25) is 5.76 Å². The second-order valence-corrected chi connectivity index (χ2v) is 4.32. The van der Waals surface area contributed by atoms with Gasteiger partial charge in [-0.25, -0.2) is 4.79 Å². The topological polar surface area (TPSA) is 62.5 Å². The average Bonchev–Trinajstić information content (AvgIpc) is 2.79. The number of nitrogens with one attached hydrogen (secondary N) is 1. The predicted octanol–water partition coefficient (Wildman–Crippen LogP) is 3.90. The largest absolute Gasteiger partial charge is 0.475 e. The van der Waals surface area contributed by atoms with Crippen LogP contribution >= 0.6 is 23.2 Å². The summed E-state index contributed by atoms with van der Waals surface area (Å²) in [4.78, 5) is 10.8. The Labute approximate surface area is 113 Å². The minimum Gasteiger partial charge on any atom is -0.475 e. The smallest absolute Gasteiger partial charge is 0.372 e. The Morgan fingerprint density at radius 2 is 2.11 bits per heavy atom. The van der Waals surface area contributed by atoms with Gasteiger partial charge in [-0.15, -0.1) is 0 Å². The van der Waals surface area contributed by atoms with Crippen molar-refractivity contribution in [3.8, 4) is 0 Å². The fraction of sp³-hybridized carbons (Fsp3) is 0.0833. The summed E-state index contributed by atoms with van der Waals surface area (Å²) >= 11 is 11.9. The van der Waals surface area contributed by atoms with Crippen LogP contribution in [0.1, 0.15) is 16.1 Å². The lowest BCUT2D eigenvalue weighted by atomic mass is 10.2. The molecule has 1 aromatic carbocycles. The highest BCUT2D eigenvalue weighted by molar-refractivity contribution is 6.43. The van der Waals surface area contributed by atoms with E-state index in [1.54, 1.807) is 24.3 Å². The normalized spacial score (nSPS) is 10.3. The molecular weight excluding hydrogens is 277 g/mol. The number of halogens is 2. The molecule has 2 rings (SSSR count). The molecule has 0 unspecified atom stereocenters. The third-order valence-corrected chi connectivity index (χ3v) is 3.18. The van der Waals surface area contributed by atoms with Crippen LogP contribution in [0, 0.1) is 0 Å². The Morgan fingerprint density at radius 3 is 2.83 bits per heavy atom. The van der Waals surface area contributed by atoms with Crippen molar-refractivity contribution in [3.63, 3.8) is 0 Å². The molecule has 1 aromatic heterocycles. The number of carboxylic acids is 1. The number of aromatic carboxylic acids is 1. The van der Waals surface area contributed by atoms with E-state index < -0.39 is 5.97 Å². The van der Waals surface area contributed by atoms with E-state index in [0.29, 0.717) is 21.3 Å². The van der Waals surface area contributed by atoms with Crippen molar-refractivity contribution in [2.24, 2.45) is 0 Å². The number of carbonyl (C=O) groups is 1. The number of anilines is 1. The molecule has 0 atom stereocenters. The lowest BCUT2D eigenvalue weighted by Crippen LogP contribution is -2.04. The van der Waals surface area contributed by atoms with E-state index in [1.165, 1.54) is 6.26 Å². The molecule has 0 saturated heterocycles. The zero-order chi connectivity index (χ0) is 13.1. The summed E-state index contributed by atoms with van der Waals surface area (Å²) in [5, 5.41) is 12.7. The quantitative estimate of drug-likeness (QED) is 0.894. The number of hydrogen-bond acceptors (Lipinski definition) is 3. The highest BCUT2D eigenvalue weighted by Crippen LogP contribution is 2.30. The third-order valence-electron chi connectivity index (χ3n) is 2.36.